The van der Waals surface area contributed by atoms with Crippen molar-refractivity contribution >= 4 is 67.5 Å². The van der Waals surface area contributed by atoms with Gasteiger partial charge in [-0.3, -0.25) is 19.2 Å². The summed E-state index contributed by atoms with van der Waals surface area (Å²) in [6.45, 7) is 8.98. The van der Waals surface area contributed by atoms with Crippen LogP contribution in [-0.4, -0.2) is 140 Å². The number of aryl methyl sites for hydroxylation is 1. The van der Waals surface area contributed by atoms with Gasteiger partial charge in [0.1, 0.15) is 0 Å². The number of rotatable bonds is 15. The van der Waals surface area contributed by atoms with Gasteiger partial charge in [0.2, 0.25) is 0 Å². The quantitative estimate of drug-likeness (QED) is 0.0340. The van der Waals surface area contributed by atoms with Crippen LogP contribution in [0, 0.1) is 51.0 Å². The predicted octanol–water partition coefficient (Wildman–Crippen LogP) is 7.12. The highest BCUT2D eigenvalue weighted by atomic mass is 19.1. The number of hydrogen-bond donors (Lipinski definition) is 6. The normalized spacial score (nSPS) is 11.1. The van der Waals surface area contributed by atoms with Gasteiger partial charge in [-0.15, -0.1) is 0 Å². The Labute approximate surface area is 457 Å². The van der Waals surface area contributed by atoms with Gasteiger partial charge in [-0.05, 0) is 107 Å². The Morgan fingerprint density at radius 2 is 0.812 bits per heavy atom. The van der Waals surface area contributed by atoms with Crippen molar-refractivity contribution in [2.24, 2.45) is 7.05 Å². The highest BCUT2D eigenvalue weighted by Gasteiger charge is 2.25. The van der Waals surface area contributed by atoms with E-state index in [1.54, 1.807) is 59.7 Å². The second-order valence-corrected chi connectivity index (χ2v) is 18.7. The largest absolute Gasteiger partial charge is 0.505 e. The van der Waals surface area contributed by atoms with Crippen molar-refractivity contribution in [3.63, 3.8) is 0 Å². The number of benzene rings is 4. The van der Waals surface area contributed by atoms with Gasteiger partial charge in [-0.1, -0.05) is 0 Å². The molecule has 0 saturated carbocycles. The number of carbonyl (C=O) groups excluding carboxylic acids is 4. The van der Waals surface area contributed by atoms with Crippen molar-refractivity contribution in [1.82, 2.24) is 23.2 Å². The summed E-state index contributed by atoms with van der Waals surface area (Å²) in [5.41, 5.74) is 7.62. The van der Waals surface area contributed by atoms with Gasteiger partial charge in [0.15, 0.2) is 46.3 Å². The van der Waals surface area contributed by atoms with E-state index in [4.69, 9.17) is 14.9 Å². The van der Waals surface area contributed by atoms with Crippen molar-refractivity contribution in [1.29, 1.82) is 0 Å². The SMILES string of the molecule is COC(=O)Cc1c(C)n(C)c2ccc(O)c(F)c12.COC(=O)Cc1c(C)n(CCN(C)C)c2ccc(O)c(F)c12.COC(=O)Cc1c(C)n(CCO)c2cc(F)c(O)cc12.COC(=O)Cc1c(C)n(CCO)c2ccc(O)c(F)c12. The maximum atomic E-state index is 14.4. The van der Waals surface area contributed by atoms with Crippen molar-refractivity contribution in [3.8, 4) is 23.0 Å². The number of methoxy groups -OCH3 is 4. The fraction of sp³-hybridized carbons (Fsp3) is 0.368. The van der Waals surface area contributed by atoms with Gasteiger partial charge in [0.25, 0.3) is 0 Å². The third kappa shape index (κ3) is 13.2. The van der Waals surface area contributed by atoms with E-state index in [0.29, 0.717) is 67.3 Å². The molecule has 4 aromatic carbocycles. The minimum atomic E-state index is -0.763. The molecule has 0 atom stereocenters. The van der Waals surface area contributed by atoms with Gasteiger partial charge >= 0.3 is 23.9 Å². The minimum absolute atomic E-state index is 0.0138. The number of carbonyl (C=O) groups is 4. The van der Waals surface area contributed by atoms with E-state index in [-0.39, 0.29) is 62.8 Å². The van der Waals surface area contributed by atoms with E-state index >= 15 is 0 Å². The summed E-state index contributed by atoms with van der Waals surface area (Å²) in [6.07, 6.45) is -0.0891. The summed E-state index contributed by atoms with van der Waals surface area (Å²) in [5.74, 6) is -6.43. The van der Waals surface area contributed by atoms with E-state index < -0.39 is 70.1 Å². The molecule has 8 aromatic rings. The molecule has 0 bridgehead atoms. The van der Waals surface area contributed by atoms with Crippen LogP contribution < -0.4 is 0 Å². The van der Waals surface area contributed by atoms with E-state index in [9.17, 15) is 57.2 Å². The van der Waals surface area contributed by atoms with Crippen molar-refractivity contribution < 1.29 is 86.3 Å². The molecule has 0 saturated heterocycles. The highest BCUT2D eigenvalue weighted by Crippen LogP contribution is 2.36. The number of halogens is 4. The number of phenolic OH excluding ortho intramolecular Hbond substituents is 4. The lowest BCUT2D eigenvalue weighted by Gasteiger charge is -2.13. The maximum Gasteiger partial charge on any atom is 0.310 e. The molecule has 0 amide bonds. The third-order valence-corrected chi connectivity index (χ3v) is 13.9. The number of likely N-dealkylation sites (N-methyl/N-ethyl adjacent to an activating group) is 1. The van der Waals surface area contributed by atoms with Crippen LogP contribution in [0.1, 0.15) is 45.0 Å². The van der Waals surface area contributed by atoms with Crippen LogP contribution in [0.2, 0.25) is 0 Å². The van der Waals surface area contributed by atoms with Gasteiger partial charge in [-0.25, -0.2) is 17.6 Å². The van der Waals surface area contributed by atoms with Crippen LogP contribution in [0.15, 0.2) is 48.5 Å². The van der Waals surface area contributed by atoms with E-state index in [1.807, 2.05) is 30.5 Å². The zero-order chi connectivity index (χ0) is 59.6. The van der Waals surface area contributed by atoms with Crippen LogP contribution in [0.25, 0.3) is 43.6 Å². The summed E-state index contributed by atoms with van der Waals surface area (Å²) in [7, 11) is 10.9. The standard InChI is InChI=1S/C16H21FN2O3.2C14H16FNO4.C13H14FNO3/c1-10-11(9-14(21)22-4)15-12(5-6-13(20)16(15)17)19(10)8-7-18(2)3;1-8-9(6-14(19)20-2)10-5-13(18)11(15)7-12(10)16(8)3-4-17;1-8-9(7-12(19)20-2)13-10(16(8)5-6-17)3-4-11(18)14(13)15;1-7-8(6-11(17)18-3)12-9(15(7)2)4-5-10(16)13(12)14/h5-6,20H,7-9H2,1-4H3;5,7,17-18H,3-4,6H2,1-2H3;3-4,17-18H,5-7H2,1-2H3;4-5,16H,6H2,1-3H3. The molecular formula is C57H67F4N5O14. The maximum absolute atomic E-state index is 14.4. The average Bonchev–Trinajstić information content (AvgIpc) is 4.07. The third-order valence-electron chi connectivity index (χ3n) is 13.9. The number of aliphatic hydroxyl groups excluding tert-OH is 2. The van der Waals surface area contributed by atoms with Crippen LogP contribution >= 0.6 is 0 Å². The smallest absolute Gasteiger partial charge is 0.310 e. The number of ether oxygens (including phenoxy) is 4. The molecule has 8 rings (SSSR count). The first-order valence-electron chi connectivity index (χ1n) is 24.9. The molecular weight excluding hydrogens is 1050 g/mol. The Balaban J connectivity index is 0.000000196. The van der Waals surface area contributed by atoms with E-state index in [2.05, 4.69) is 14.2 Å². The van der Waals surface area contributed by atoms with Crippen molar-refractivity contribution in [2.75, 3.05) is 62.3 Å². The molecule has 0 aliphatic heterocycles. The number of aromatic hydroxyl groups is 4. The second kappa shape index (κ2) is 27.1. The number of aromatic nitrogens is 4. The zero-order valence-corrected chi connectivity index (χ0v) is 46.4. The van der Waals surface area contributed by atoms with Crippen LogP contribution in [0.5, 0.6) is 23.0 Å². The molecule has 0 spiro atoms. The fourth-order valence-corrected chi connectivity index (χ4v) is 9.53. The lowest BCUT2D eigenvalue weighted by Crippen LogP contribution is -2.19. The molecule has 432 valence electrons. The Hall–Kier alpha value is -8.28. The average molecular weight is 1120 g/mol. The Kier molecular flexibility index (Phi) is 21.2. The highest BCUT2D eigenvalue weighted by molar-refractivity contribution is 5.94. The summed E-state index contributed by atoms with van der Waals surface area (Å²) in [4.78, 5) is 48.0. The van der Waals surface area contributed by atoms with Crippen LogP contribution in [0.4, 0.5) is 17.6 Å². The zero-order valence-electron chi connectivity index (χ0n) is 46.4. The monoisotopic (exact) mass is 1120 g/mol. The number of esters is 4. The molecule has 23 heteroatoms. The molecule has 4 heterocycles. The van der Waals surface area contributed by atoms with Crippen LogP contribution in [-0.2, 0) is 90.5 Å². The van der Waals surface area contributed by atoms with Crippen molar-refractivity contribution in [2.45, 2.75) is 73.0 Å². The lowest BCUT2D eigenvalue weighted by atomic mass is 10.1. The Bertz CT molecular complexity index is 3590. The summed E-state index contributed by atoms with van der Waals surface area (Å²) >= 11 is 0. The molecule has 0 aliphatic rings. The lowest BCUT2D eigenvalue weighted by molar-refractivity contribution is -0.140. The Morgan fingerprint density at radius 1 is 0.475 bits per heavy atom. The summed E-state index contributed by atoms with van der Waals surface area (Å²) in [5, 5.41) is 57.7. The first-order valence-corrected chi connectivity index (χ1v) is 24.9. The molecule has 0 aliphatic carbocycles. The number of nitrogens with zero attached hydrogens (tertiary/aromatic N) is 5. The Morgan fingerprint density at radius 3 is 1.20 bits per heavy atom. The summed E-state index contributed by atoms with van der Waals surface area (Å²) < 4.78 is 81.8. The molecule has 19 nitrogen and oxygen atoms in total. The predicted molar refractivity (Wildman–Crippen MR) is 290 cm³/mol. The van der Waals surface area contributed by atoms with Gasteiger partial charge in [0.05, 0.1) is 89.4 Å². The fourth-order valence-electron chi connectivity index (χ4n) is 9.53. The van der Waals surface area contributed by atoms with Crippen LogP contribution in [0.3, 0.4) is 0 Å². The number of hydrogen-bond acceptors (Lipinski definition) is 15. The van der Waals surface area contributed by atoms with Gasteiger partial charge in [0, 0.05) is 83.6 Å². The number of phenols is 4. The molecule has 0 unspecified atom stereocenters. The topological polar surface area (TPSA) is 250 Å². The first-order chi connectivity index (χ1) is 37.8. The van der Waals surface area contributed by atoms with E-state index in [0.717, 1.165) is 23.6 Å². The second-order valence-electron chi connectivity index (χ2n) is 18.7. The molecule has 80 heavy (non-hydrogen) atoms. The van der Waals surface area contributed by atoms with Crippen molar-refractivity contribution in [3.05, 3.63) is 117 Å². The number of fused-ring (bicyclic) bond motifs is 4. The number of aliphatic hydroxyl groups is 2. The molecule has 4 aromatic heterocycles. The molecule has 0 radical (unpaired) electrons. The van der Waals surface area contributed by atoms with Gasteiger partial charge in [-0.2, -0.15) is 0 Å². The first kappa shape index (κ1) is 62.6. The minimum Gasteiger partial charge on any atom is -0.505 e. The van der Waals surface area contributed by atoms with E-state index in [1.165, 1.54) is 58.8 Å². The summed E-state index contributed by atoms with van der Waals surface area (Å²) in [6, 6.07) is 11.3. The van der Waals surface area contributed by atoms with Gasteiger partial charge < -0.3 is 72.8 Å². The molecule has 0 fully saturated rings. The molecule has 6 N–H and O–H groups in total.